The third-order valence-electron chi connectivity index (χ3n) is 2.14. The molecule has 0 aliphatic rings. The van der Waals surface area contributed by atoms with Crippen LogP contribution in [0.1, 0.15) is 15.9 Å². The molecule has 5 heteroatoms. The van der Waals surface area contributed by atoms with Gasteiger partial charge in [0, 0.05) is 16.8 Å². The maximum Gasteiger partial charge on any atom is 0.153 e. The van der Waals surface area contributed by atoms with Crippen LogP contribution in [0.4, 0.5) is 4.39 Å². The zero-order valence-corrected chi connectivity index (χ0v) is 8.99. The fourth-order valence-corrected chi connectivity index (χ4v) is 1.51. The summed E-state index contributed by atoms with van der Waals surface area (Å²) in [6, 6.07) is 4.46. The van der Waals surface area contributed by atoms with Crippen molar-refractivity contribution in [2.45, 2.75) is 6.54 Å². The predicted octanol–water partition coefficient (Wildman–Crippen LogP) is 2.54. The molecule has 0 saturated heterocycles. The summed E-state index contributed by atoms with van der Waals surface area (Å²) >= 11 is 5.64. The largest absolute Gasteiger partial charge is 0.298 e. The van der Waals surface area contributed by atoms with Gasteiger partial charge in [-0.15, -0.1) is 0 Å². The first-order chi connectivity index (χ1) is 7.69. The van der Waals surface area contributed by atoms with Gasteiger partial charge in [-0.05, 0) is 12.1 Å². The molecule has 2 aromatic rings. The van der Waals surface area contributed by atoms with Crippen molar-refractivity contribution < 1.29 is 9.18 Å². The van der Waals surface area contributed by atoms with E-state index in [1.807, 2.05) is 0 Å². The molecule has 1 aromatic heterocycles. The molecule has 0 aliphatic heterocycles. The van der Waals surface area contributed by atoms with Gasteiger partial charge in [-0.2, -0.15) is 5.10 Å². The number of halogens is 2. The van der Waals surface area contributed by atoms with Gasteiger partial charge in [0.2, 0.25) is 0 Å². The normalized spacial score (nSPS) is 10.4. The van der Waals surface area contributed by atoms with Gasteiger partial charge in [0.05, 0.1) is 18.3 Å². The van der Waals surface area contributed by atoms with E-state index in [1.165, 1.54) is 16.9 Å². The number of carbonyl (C=O) groups excluding carboxylic acids is 1. The van der Waals surface area contributed by atoms with E-state index >= 15 is 0 Å². The van der Waals surface area contributed by atoms with E-state index in [1.54, 1.807) is 18.3 Å². The Morgan fingerprint density at radius 2 is 2.31 bits per heavy atom. The molecule has 82 valence electrons. The van der Waals surface area contributed by atoms with Crippen molar-refractivity contribution in [3.05, 3.63) is 52.6 Å². The second kappa shape index (κ2) is 4.45. The van der Waals surface area contributed by atoms with Crippen LogP contribution in [0.5, 0.6) is 0 Å². The molecule has 0 spiro atoms. The average Bonchev–Trinajstić information content (AvgIpc) is 2.70. The Labute approximate surface area is 96.5 Å². The fraction of sp³-hybridized carbons (Fsp3) is 0.0909. The Balaban J connectivity index is 2.23. The molecule has 0 bridgehead atoms. The number of hydrogen-bond donors (Lipinski definition) is 0. The minimum atomic E-state index is -0.379. The van der Waals surface area contributed by atoms with Gasteiger partial charge >= 0.3 is 0 Å². The van der Waals surface area contributed by atoms with E-state index in [9.17, 15) is 9.18 Å². The van der Waals surface area contributed by atoms with Crippen molar-refractivity contribution in [1.82, 2.24) is 9.78 Å². The third kappa shape index (κ3) is 2.28. The Morgan fingerprint density at radius 1 is 1.50 bits per heavy atom. The molecule has 1 aromatic carbocycles. The van der Waals surface area contributed by atoms with E-state index in [2.05, 4.69) is 5.10 Å². The van der Waals surface area contributed by atoms with Gasteiger partial charge in [0.25, 0.3) is 0 Å². The molecule has 2 rings (SSSR count). The first-order valence-corrected chi connectivity index (χ1v) is 4.98. The summed E-state index contributed by atoms with van der Waals surface area (Å²) in [5.41, 5.74) is 0.944. The van der Waals surface area contributed by atoms with Gasteiger partial charge < -0.3 is 0 Å². The first kappa shape index (κ1) is 10.8. The van der Waals surface area contributed by atoms with E-state index in [0.29, 0.717) is 22.4 Å². The molecular formula is C11H8ClFN2O. The van der Waals surface area contributed by atoms with E-state index in [0.717, 1.165) is 0 Å². The molecule has 0 unspecified atom stereocenters. The second-order valence-corrected chi connectivity index (χ2v) is 3.76. The average molecular weight is 239 g/mol. The van der Waals surface area contributed by atoms with Crippen LogP contribution < -0.4 is 0 Å². The number of carbonyl (C=O) groups is 1. The lowest BCUT2D eigenvalue weighted by Gasteiger charge is -2.03. The van der Waals surface area contributed by atoms with Crippen LogP contribution in [0.25, 0.3) is 0 Å². The Morgan fingerprint density at radius 3 is 2.94 bits per heavy atom. The number of aldehydes is 1. The summed E-state index contributed by atoms with van der Waals surface area (Å²) in [6.07, 6.45) is 3.68. The topological polar surface area (TPSA) is 34.9 Å². The highest BCUT2D eigenvalue weighted by molar-refractivity contribution is 6.30. The van der Waals surface area contributed by atoms with Crippen LogP contribution in [-0.2, 0) is 6.54 Å². The molecule has 0 N–H and O–H groups in total. The second-order valence-electron chi connectivity index (χ2n) is 3.32. The summed E-state index contributed by atoms with van der Waals surface area (Å²) < 4.78 is 14.9. The van der Waals surface area contributed by atoms with Crippen LogP contribution in [-0.4, -0.2) is 16.1 Å². The SMILES string of the molecule is O=Cc1cnn(Cc2ccc(Cl)cc2F)c1. The lowest BCUT2D eigenvalue weighted by molar-refractivity contribution is 0.112. The monoisotopic (exact) mass is 238 g/mol. The fourth-order valence-electron chi connectivity index (χ4n) is 1.35. The quantitative estimate of drug-likeness (QED) is 0.771. The van der Waals surface area contributed by atoms with Crippen LogP contribution in [0.2, 0.25) is 5.02 Å². The molecule has 3 nitrogen and oxygen atoms in total. The maximum absolute atomic E-state index is 13.4. The molecule has 0 saturated carbocycles. The van der Waals surface area contributed by atoms with Crippen LogP contribution in [0, 0.1) is 5.82 Å². The van der Waals surface area contributed by atoms with E-state index in [-0.39, 0.29) is 12.4 Å². The molecule has 0 aliphatic carbocycles. The van der Waals surface area contributed by atoms with Crippen molar-refractivity contribution in [3.63, 3.8) is 0 Å². The minimum Gasteiger partial charge on any atom is -0.298 e. The van der Waals surface area contributed by atoms with E-state index in [4.69, 9.17) is 11.6 Å². The lowest BCUT2D eigenvalue weighted by Crippen LogP contribution is -2.02. The highest BCUT2D eigenvalue weighted by atomic mass is 35.5. The minimum absolute atomic E-state index is 0.275. The zero-order chi connectivity index (χ0) is 11.5. The van der Waals surface area contributed by atoms with Crippen molar-refractivity contribution in [3.8, 4) is 0 Å². The lowest BCUT2D eigenvalue weighted by atomic mass is 10.2. The van der Waals surface area contributed by atoms with Crippen molar-refractivity contribution >= 4 is 17.9 Å². The number of aromatic nitrogens is 2. The number of benzene rings is 1. The van der Waals surface area contributed by atoms with Gasteiger partial charge in [0.15, 0.2) is 6.29 Å². The number of hydrogen-bond acceptors (Lipinski definition) is 2. The van der Waals surface area contributed by atoms with Crippen molar-refractivity contribution in [2.24, 2.45) is 0 Å². The predicted molar refractivity (Wildman–Crippen MR) is 58.1 cm³/mol. The smallest absolute Gasteiger partial charge is 0.153 e. The molecule has 0 amide bonds. The third-order valence-corrected chi connectivity index (χ3v) is 2.37. The van der Waals surface area contributed by atoms with Crippen LogP contribution >= 0.6 is 11.6 Å². The summed E-state index contributed by atoms with van der Waals surface area (Å²) in [6.45, 7) is 0.275. The van der Waals surface area contributed by atoms with Crippen molar-refractivity contribution in [1.29, 1.82) is 0 Å². The molecule has 16 heavy (non-hydrogen) atoms. The van der Waals surface area contributed by atoms with Gasteiger partial charge in [0.1, 0.15) is 5.82 Å². The zero-order valence-electron chi connectivity index (χ0n) is 8.23. The summed E-state index contributed by atoms with van der Waals surface area (Å²) in [7, 11) is 0. The molecular weight excluding hydrogens is 231 g/mol. The van der Waals surface area contributed by atoms with Gasteiger partial charge in [-0.1, -0.05) is 17.7 Å². The molecule has 0 atom stereocenters. The highest BCUT2D eigenvalue weighted by Crippen LogP contribution is 2.15. The molecule has 0 fully saturated rings. The van der Waals surface area contributed by atoms with Crippen LogP contribution in [0.15, 0.2) is 30.6 Å². The van der Waals surface area contributed by atoms with Gasteiger partial charge in [-0.3, -0.25) is 9.48 Å². The summed E-state index contributed by atoms with van der Waals surface area (Å²) in [5, 5.41) is 4.29. The highest BCUT2D eigenvalue weighted by Gasteiger charge is 2.04. The van der Waals surface area contributed by atoms with Crippen molar-refractivity contribution in [2.75, 3.05) is 0 Å². The summed E-state index contributed by atoms with van der Waals surface area (Å²) in [4.78, 5) is 10.4. The standard InChI is InChI=1S/C11H8ClFN2O/c12-10-2-1-9(11(13)3-10)6-15-5-8(7-16)4-14-15/h1-5,7H,6H2. The molecule has 0 radical (unpaired) electrons. The molecule has 1 heterocycles. The Kier molecular flexibility index (Phi) is 3.01. The maximum atomic E-state index is 13.4. The number of nitrogens with zero attached hydrogens (tertiary/aromatic N) is 2. The Bertz CT molecular complexity index is 524. The Hall–Kier alpha value is -1.68. The first-order valence-electron chi connectivity index (χ1n) is 4.60. The van der Waals surface area contributed by atoms with E-state index < -0.39 is 0 Å². The van der Waals surface area contributed by atoms with Gasteiger partial charge in [-0.25, -0.2) is 4.39 Å². The number of rotatable bonds is 3. The summed E-state index contributed by atoms with van der Waals surface area (Å²) in [5.74, 6) is -0.379. The van der Waals surface area contributed by atoms with Crippen LogP contribution in [0.3, 0.4) is 0 Å².